The molecule has 3 N–H and O–H groups in total. The number of rotatable bonds is 6. The summed E-state index contributed by atoms with van der Waals surface area (Å²) in [5.74, 6) is 1.73. The third-order valence-corrected chi connectivity index (χ3v) is 3.07. The van der Waals surface area contributed by atoms with Gasteiger partial charge in [-0.05, 0) is 32.4 Å². The minimum absolute atomic E-state index is 0.636. The molecule has 0 spiro atoms. The van der Waals surface area contributed by atoms with E-state index in [9.17, 15) is 0 Å². The van der Waals surface area contributed by atoms with Crippen LogP contribution in [0.4, 0.5) is 5.95 Å². The van der Waals surface area contributed by atoms with Gasteiger partial charge in [0.2, 0.25) is 5.95 Å². The van der Waals surface area contributed by atoms with E-state index in [2.05, 4.69) is 46.1 Å². The minimum Gasteiger partial charge on any atom is -0.355 e. The number of benzene rings is 1. The van der Waals surface area contributed by atoms with Gasteiger partial charge in [-0.1, -0.05) is 24.3 Å². The second-order valence-electron chi connectivity index (χ2n) is 4.32. The molecule has 2 aromatic rings. The molecule has 0 aliphatic heterocycles. The van der Waals surface area contributed by atoms with Crippen LogP contribution in [0.1, 0.15) is 19.4 Å². The SMILES string of the molecule is CCNc1nnc(-c2ccccc2CCN)n1CC. The molecule has 1 aromatic heterocycles. The molecule has 1 aromatic carbocycles. The zero-order valence-electron chi connectivity index (χ0n) is 11.6. The van der Waals surface area contributed by atoms with Crippen molar-refractivity contribution >= 4 is 5.95 Å². The van der Waals surface area contributed by atoms with Crippen LogP contribution in [0, 0.1) is 0 Å². The van der Waals surface area contributed by atoms with Crippen LogP contribution in [0.2, 0.25) is 0 Å². The maximum absolute atomic E-state index is 5.68. The van der Waals surface area contributed by atoms with E-state index in [1.165, 1.54) is 5.56 Å². The largest absolute Gasteiger partial charge is 0.355 e. The van der Waals surface area contributed by atoms with Gasteiger partial charge in [0.25, 0.3) is 0 Å². The Labute approximate surface area is 113 Å². The Bertz CT molecular complexity index is 532. The molecule has 0 fully saturated rings. The molecule has 0 bridgehead atoms. The molecule has 5 nitrogen and oxygen atoms in total. The van der Waals surface area contributed by atoms with Crippen LogP contribution < -0.4 is 11.1 Å². The lowest BCUT2D eigenvalue weighted by molar-refractivity contribution is 0.769. The first-order valence-corrected chi connectivity index (χ1v) is 6.77. The lowest BCUT2D eigenvalue weighted by Crippen LogP contribution is -2.08. The zero-order chi connectivity index (χ0) is 13.7. The molecule has 5 heteroatoms. The average molecular weight is 259 g/mol. The van der Waals surface area contributed by atoms with E-state index in [0.717, 1.165) is 36.8 Å². The molecule has 0 unspecified atom stereocenters. The zero-order valence-corrected chi connectivity index (χ0v) is 11.6. The molecule has 1 heterocycles. The second kappa shape index (κ2) is 6.33. The Morgan fingerprint density at radius 2 is 2.00 bits per heavy atom. The minimum atomic E-state index is 0.636. The molecule has 0 saturated carbocycles. The van der Waals surface area contributed by atoms with Crippen molar-refractivity contribution in [3.8, 4) is 11.4 Å². The maximum atomic E-state index is 5.68. The van der Waals surface area contributed by atoms with E-state index < -0.39 is 0 Å². The van der Waals surface area contributed by atoms with Crippen LogP contribution in [0.5, 0.6) is 0 Å². The van der Waals surface area contributed by atoms with E-state index >= 15 is 0 Å². The van der Waals surface area contributed by atoms with Crippen LogP contribution in [-0.2, 0) is 13.0 Å². The predicted molar refractivity (Wildman–Crippen MR) is 78.1 cm³/mol. The van der Waals surface area contributed by atoms with E-state index in [0.29, 0.717) is 6.54 Å². The number of nitrogens with two attached hydrogens (primary N) is 1. The van der Waals surface area contributed by atoms with E-state index in [1.54, 1.807) is 0 Å². The molecule has 0 amide bonds. The normalized spacial score (nSPS) is 10.7. The quantitative estimate of drug-likeness (QED) is 0.831. The van der Waals surface area contributed by atoms with Gasteiger partial charge in [0.15, 0.2) is 5.82 Å². The van der Waals surface area contributed by atoms with E-state index in [-0.39, 0.29) is 0 Å². The van der Waals surface area contributed by atoms with Crippen molar-refractivity contribution in [2.75, 3.05) is 18.4 Å². The van der Waals surface area contributed by atoms with Crippen molar-refractivity contribution in [2.45, 2.75) is 26.8 Å². The van der Waals surface area contributed by atoms with Crippen LogP contribution >= 0.6 is 0 Å². The number of aromatic nitrogens is 3. The van der Waals surface area contributed by atoms with Gasteiger partial charge in [0, 0.05) is 18.7 Å². The summed E-state index contributed by atoms with van der Waals surface area (Å²) >= 11 is 0. The van der Waals surface area contributed by atoms with Crippen molar-refractivity contribution in [3.05, 3.63) is 29.8 Å². The second-order valence-corrected chi connectivity index (χ2v) is 4.32. The smallest absolute Gasteiger partial charge is 0.224 e. The van der Waals surface area contributed by atoms with Crippen molar-refractivity contribution in [3.63, 3.8) is 0 Å². The van der Waals surface area contributed by atoms with Gasteiger partial charge in [0.1, 0.15) is 0 Å². The van der Waals surface area contributed by atoms with Gasteiger partial charge in [-0.15, -0.1) is 10.2 Å². The fourth-order valence-corrected chi connectivity index (χ4v) is 2.20. The summed E-state index contributed by atoms with van der Waals surface area (Å²) in [5, 5.41) is 11.8. The maximum Gasteiger partial charge on any atom is 0.224 e. The third kappa shape index (κ3) is 2.76. The highest BCUT2D eigenvalue weighted by atomic mass is 15.3. The summed E-state index contributed by atoms with van der Waals surface area (Å²) in [7, 11) is 0. The number of nitrogens with one attached hydrogen (secondary N) is 1. The monoisotopic (exact) mass is 259 g/mol. The molecular weight excluding hydrogens is 238 g/mol. The fraction of sp³-hybridized carbons (Fsp3) is 0.429. The summed E-state index contributed by atoms with van der Waals surface area (Å²) in [6, 6.07) is 8.24. The standard InChI is InChI=1S/C14H21N5/c1-3-16-14-18-17-13(19(14)4-2)12-8-6-5-7-11(12)9-10-15/h5-8H,3-4,9-10,15H2,1-2H3,(H,16,18). The molecule has 0 aliphatic rings. The summed E-state index contributed by atoms with van der Waals surface area (Å²) in [5.41, 5.74) is 8.01. The van der Waals surface area contributed by atoms with Gasteiger partial charge in [0.05, 0.1) is 0 Å². The van der Waals surface area contributed by atoms with Crippen molar-refractivity contribution in [1.29, 1.82) is 0 Å². The van der Waals surface area contributed by atoms with Gasteiger partial charge in [-0.25, -0.2) is 0 Å². The molecule has 0 atom stereocenters. The highest BCUT2D eigenvalue weighted by Crippen LogP contribution is 2.24. The number of anilines is 1. The van der Waals surface area contributed by atoms with Crippen LogP contribution in [0.15, 0.2) is 24.3 Å². The van der Waals surface area contributed by atoms with E-state index in [1.807, 2.05) is 12.1 Å². The van der Waals surface area contributed by atoms with Gasteiger partial charge >= 0.3 is 0 Å². The van der Waals surface area contributed by atoms with Crippen molar-refractivity contribution in [2.24, 2.45) is 5.73 Å². The molecule has 2 rings (SSSR count). The highest BCUT2D eigenvalue weighted by Gasteiger charge is 2.14. The molecular formula is C14H21N5. The molecule has 0 aliphatic carbocycles. The van der Waals surface area contributed by atoms with Crippen molar-refractivity contribution < 1.29 is 0 Å². The van der Waals surface area contributed by atoms with Gasteiger partial charge in [-0.2, -0.15) is 0 Å². The Balaban J connectivity index is 2.46. The summed E-state index contributed by atoms with van der Waals surface area (Å²) in [6.45, 7) is 6.46. The Hall–Kier alpha value is -1.88. The van der Waals surface area contributed by atoms with Gasteiger partial charge in [-0.3, -0.25) is 4.57 Å². The highest BCUT2D eigenvalue weighted by molar-refractivity contribution is 5.62. The van der Waals surface area contributed by atoms with Crippen LogP contribution in [-0.4, -0.2) is 27.9 Å². The topological polar surface area (TPSA) is 68.8 Å². The average Bonchev–Trinajstić information content (AvgIpc) is 2.83. The predicted octanol–water partition coefficient (Wildman–Crippen LogP) is 1.90. The Kier molecular flexibility index (Phi) is 4.52. The number of hydrogen-bond acceptors (Lipinski definition) is 4. The number of nitrogens with zero attached hydrogens (tertiary/aromatic N) is 3. The first-order valence-electron chi connectivity index (χ1n) is 6.77. The van der Waals surface area contributed by atoms with Crippen LogP contribution in [0.25, 0.3) is 11.4 Å². The molecule has 19 heavy (non-hydrogen) atoms. The molecule has 0 saturated heterocycles. The number of hydrogen-bond donors (Lipinski definition) is 2. The third-order valence-electron chi connectivity index (χ3n) is 3.07. The van der Waals surface area contributed by atoms with Crippen LogP contribution in [0.3, 0.4) is 0 Å². The van der Waals surface area contributed by atoms with Crippen molar-refractivity contribution in [1.82, 2.24) is 14.8 Å². The molecule has 0 radical (unpaired) electrons. The first-order chi connectivity index (χ1) is 9.31. The summed E-state index contributed by atoms with van der Waals surface area (Å²) in [4.78, 5) is 0. The first kappa shape index (κ1) is 13.5. The summed E-state index contributed by atoms with van der Waals surface area (Å²) < 4.78 is 2.10. The Morgan fingerprint density at radius 1 is 1.21 bits per heavy atom. The molecule has 102 valence electrons. The van der Waals surface area contributed by atoms with Gasteiger partial charge < -0.3 is 11.1 Å². The summed E-state index contributed by atoms with van der Waals surface area (Å²) in [6.07, 6.45) is 0.850. The lowest BCUT2D eigenvalue weighted by atomic mass is 10.0. The Morgan fingerprint density at radius 3 is 2.68 bits per heavy atom. The fourth-order valence-electron chi connectivity index (χ4n) is 2.20. The lowest BCUT2D eigenvalue weighted by Gasteiger charge is -2.11. The van der Waals surface area contributed by atoms with E-state index in [4.69, 9.17) is 5.73 Å².